The van der Waals surface area contributed by atoms with Crippen molar-refractivity contribution in [2.75, 3.05) is 0 Å². The Hall–Kier alpha value is -1.12. The maximum Gasteiger partial charge on any atom is 0.487 e. The summed E-state index contributed by atoms with van der Waals surface area (Å²) >= 11 is 0. The zero-order valence-electron chi connectivity index (χ0n) is 6.37. The molecule has 0 bridgehead atoms. The van der Waals surface area contributed by atoms with Crippen LogP contribution in [-0.4, -0.2) is 24.0 Å². The fourth-order valence-electron chi connectivity index (χ4n) is 0.730. The molecule has 0 saturated heterocycles. The van der Waals surface area contributed by atoms with Gasteiger partial charge in [-0.05, 0) is 0 Å². The fraction of sp³-hybridized carbons (Fsp3) is 0.400. The van der Waals surface area contributed by atoms with Crippen molar-refractivity contribution in [1.82, 2.24) is 0 Å². The van der Waals surface area contributed by atoms with Gasteiger partial charge in [0.1, 0.15) is 0 Å². The Morgan fingerprint density at radius 2 is 1.50 bits per heavy atom. The maximum atomic E-state index is 11.9. The van der Waals surface area contributed by atoms with Gasteiger partial charge in [-0.1, -0.05) is 5.10 Å². The predicted octanol–water partition coefficient (Wildman–Crippen LogP) is 0.513. The summed E-state index contributed by atoms with van der Waals surface area (Å²) in [6, 6.07) is 0. The number of aliphatic imine (C=N–C) groups is 1. The van der Waals surface area contributed by atoms with Crippen LogP contribution in [0.5, 0.6) is 0 Å². The van der Waals surface area contributed by atoms with Gasteiger partial charge in [-0.2, -0.15) is 31.3 Å². The van der Waals surface area contributed by atoms with E-state index in [1.807, 2.05) is 0 Å². The molecule has 0 amide bonds. The third-order valence-corrected chi connectivity index (χ3v) is 1.25. The molecule has 3 nitrogen and oxygen atoms in total. The molecule has 1 unspecified atom stereocenters. The second-order valence-corrected chi connectivity index (χ2v) is 2.34. The third-order valence-electron chi connectivity index (χ3n) is 1.25. The first-order valence-electron chi connectivity index (χ1n) is 3.13. The lowest BCUT2D eigenvalue weighted by Gasteiger charge is -2.11. The highest BCUT2D eigenvalue weighted by Crippen LogP contribution is 2.22. The summed E-state index contributed by atoms with van der Waals surface area (Å²) in [5.74, 6) is -3.53. The molecular formula is C5H3F6N3. The van der Waals surface area contributed by atoms with Crippen molar-refractivity contribution in [2.24, 2.45) is 10.1 Å². The number of quaternary nitrogens is 1. The van der Waals surface area contributed by atoms with E-state index in [9.17, 15) is 26.3 Å². The van der Waals surface area contributed by atoms with Gasteiger partial charge in [-0.3, -0.25) is 5.01 Å². The molecule has 1 N–H and O–H groups in total. The maximum absolute atomic E-state index is 11.9. The van der Waals surface area contributed by atoms with Crippen LogP contribution >= 0.6 is 0 Å². The highest BCUT2D eigenvalue weighted by molar-refractivity contribution is 6.00. The molecule has 0 radical (unpaired) electrons. The molecule has 1 atom stereocenters. The van der Waals surface area contributed by atoms with Crippen LogP contribution in [0.3, 0.4) is 0 Å². The summed E-state index contributed by atoms with van der Waals surface area (Å²) in [7, 11) is 2.73. The molecule has 9 heteroatoms. The van der Waals surface area contributed by atoms with E-state index in [4.69, 9.17) is 0 Å². The molecule has 80 valence electrons. The van der Waals surface area contributed by atoms with E-state index >= 15 is 0 Å². The Kier molecular flexibility index (Phi) is 2.30. The Balaban J connectivity index is 2.99. The number of alkyl halides is 6. The molecule has 0 fully saturated rings. The van der Waals surface area contributed by atoms with Crippen LogP contribution in [0.1, 0.15) is 0 Å². The van der Waals surface area contributed by atoms with Crippen molar-refractivity contribution in [2.45, 2.75) is 12.4 Å². The predicted molar refractivity (Wildman–Crippen MR) is 33.3 cm³/mol. The molecular weight excluding hydrogens is 216 g/mol. The van der Waals surface area contributed by atoms with Gasteiger partial charge in [-0.15, -0.1) is 7.05 Å². The lowest BCUT2D eigenvalue weighted by atomic mass is 10.5. The summed E-state index contributed by atoms with van der Waals surface area (Å²) in [4.78, 5) is 2.33. The van der Waals surface area contributed by atoms with Crippen molar-refractivity contribution >= 4 is 11.7 Å². The second-order valence-electron chi connectivity index (χ2n) is 2.34. The highest BCUT2D eigenvalue weighted by Gasteiger charge is 2.50. The van der Waals surface area contributed by atoms with Crippen molar-refractivity contribution in [3.05, 3.63) is 7.05 Å². The summed E-state index contributed by atoms with van der Waals surface area (Å²) < 4.78 is 71.4. The van der Waals surface area contributed by atoms with E-state index in [0.29, 0.717) is 0 Å². The van der Waals surface area contributed by atoms with Crippen molar-refractivity contribution in [3.8, 4) is 0 Å². The first kappa shape index (κ1) is 11.0. The van der Waals surface area contributed by atoms with Gasteiger partial charge in [0.15, 0.2) is 0 Å². The number of nitrogens with zero attached hydrogens (tertiary/aromatic N) is 2. The monoisotopic (exact) mass is 219 g/mol. The zero-order chi connectivity index (χ0) is 11.1. The van der Waals surface area contributed by atoms with Gasteiger partial charge in [0.25, 0.3) is 5.84 Å². The van der Waals surface area contributed by atoms with E-state index in [-0.39, 0.29) is 0 Å². The Bertz CT molecular complexity index is 298. The van der Waals surface area contributed by atoms with Crippen LogP contribution in [0.15, 0.2) is 10.1 Å². The molecule has 0 spiro atoms. The number of amidine groups is 2. The molecule has 0 aromatic heterocycles. The van der Waals surface area contributed by atoms with Crippen LogP contribution in [0.2, 0.25) is 0 Å². The summed E-state index contributed by atoms with van der Waals surface area (Å²) in [6.07, 6.45) is -9.95. The summed E-state index contributed by atoms with van der Waals surface area (Å²) in [5, 5.41) is 1.56. The number of rotatable bonds is 0. The third kappa shape index (κ3) is 2.03. The van der Waals surface area contributed by atoms with Crippen LogP contribution in [0.4, 0.5) is 26.3 Å². The molecule has 0 aromatic carbocycles. The van der Waals surface area contributed by atoms with Gasteiger partial charge in [0, 0.05) is 0 Å². The van der Waals surface area contributed by atoms with Gasteiger partial charge < -0.3 is 0 Å². The molecule has 0 saturated carbocycles. The SMILES string of the molecule is [CH2-][NH+]1N=C(C(F)(F)F)N=C1C(F)(F)F. The Labute approximate surface area is 73.7 Å². The second kappa shape index (κ2) is 2.94. The lowest BCUT2D eigenvalue weighted by molar-refractivity contribution is -0.765. The minimum absolute atomic E-state index is 1.02. The van der Waals surface area contributed by atoms with Crippen LogP contribution < -0.4 is 5.01 Å². The lowest BCUT2D eigenvalue weighted by Crippen LogP contribution is -3.06. The van der Waals surface area contributed by atoms with E-state index < -0.39 is 29.0 Å². The molecule has 1 rings (SSSR count). The average molecular weight is 219 g/mol. The molecule has 1 aliphatic heterocycles. The van der Waals surface area contributed by atoms with Crippen molar-refractivity contribution < 1.29 is 31.4 Å². The quantitative estimate of drug-likeness (QED) is 0.454. The molecule has 0 aliphatic carbocycles. The van der Waals surface area contributed by atoms with Gasteiger partial charge in [0.2, 0.25) is 0 Å². The zero-order valence-corrected chi connectivity index (χ0v) is 6.37. The van der Waals surface area contributed by atoms with Crippen LogP contribution in [0.25, 0.3) is 0 Å². The number of hydrogen-bond acceptors (Lipinski definition) is 2. The first-order valence-corrected chi connectivity index (χ1v) is 3.13. The standard InChI is InChI=1S/C5H3F6N3/c1-14-3(5(9,10)11)12-2(13-14)4(6,7)8/h14H,1H2. The molecule has 1 heterocycles. The van der Waals surface area contributed by atoms with Gasteiger partial charge >= 0.3 is 18.2 Å². The number of hydrogen-bond donors (Lipinski definition) is 1. The van der Waals surface area contributed by atoms with Crippen molar-refractivity contribution in [3.63, 3.8) is 0 Å². The number of nitrogens with one attached hydrogen (secondary N) is 1. The van der Waals surface area contributed by atoms with E-state index in [0.717, 1.165) is 0 Å². The van der Waals surface area contributed by atoms with Gasteiger partial charge in [-0.25, -0.2) is 0 Å². The molecule has 14 heavy (non-hydrogen) atoms. The first-order chi connectivity index (χ1) is 6.12. The minimum atomic E-state index is -4.99. The summed E-state index contributed by atoms with van der Waals surface area (Å²) in [6.45, 7) is 0. The normalized spacial score (nSPS) is 23.5. The largest absolute Gasteiger partial charge is 0.487 e. The molecule has 1 aliphatic rings. The van der Waals surface area contributed by atoms with Crippen LogP contribution in [-0.2, 0) is 0 Å². The topological polar surface area (TPSA) is 29.2 Å². The summed E-state index contributed by atoms with van der Waals surface area (Å²) in [5.41, 5.74) is 0. The number of halogens is 6. The van der Waals surface area contributed by atoms with Crippen LogP contribution in [0, 0.1) is 7.05 Å². The minimum Gasteiger partial charge on any atom is -0.284 e. The van der Waals surface area contributed by atoms with Gasteiger partial charge in [0.05, 0.1) is 0 Å². The average Bonchev–Trinajstić information content (AvgIpc) is 2.27. The van der Waals surface area contributed by atoms with E-state index in [2.05, 4.69) is 17.1 Å². The Morgan fingerprint density at radius 3 is 1.71 bits per heavy atom. The fourth-order valence-corrected chi connectivity index (χ4v) is 0.730. The van der Waals surface area contributed by atoms with E-state index in [1.165, 1.54) is 0 Å². The van der Waals surface area contributed by atoms with E-state index in [1.54, 1.807) is 0 Å². The van der Waals surface area contributed by atoms with Crippen molar-refractivity contribution in [1.29, 1.82) is 0 Å². The smallest absolute Gasteiger partial charge is 0.284 e. The molecule has 0 aromatic rings. The highest BCUT2D eigenvalue weighted by atomic mass is 19.4. The Morgan fingerprint density at radius 1 is 1.00 bits per heavy atom.